The van der Waals surface area contributed by atoms with Crippen LogP contribution in [0.4, 0.5) is 0 Å². The van der Waals surface area contributed by atoms with Crippen molar-refractivity contribution in [2.45, 2.75) is 26.2 Å². The molecule has 0 aromatic heterocycles. The van der Waals surface area contributed by atoms with Crippen molar-refractivity contribution >= 4 is 0 Å². The van der Waals surface area contributed by atoms with E-state index in [-0.39, 0.29) is 6.79 Å². The van der Waals surface area contributed by atoms with Gasteiger partial charge in [-0.15, -0.1) is 0 Å². The zero-order valence-electron chi connectivity index (χ0n) is 7.70. The third-order valence-corrected chi connectivity index (χ3v) is 2.49. The lowest BCUT2D eigenvalue weighted by atomic mass is 10.1. The van der Waals surface area contributed by atoms with Gasteiger partial charge in [0.2, 0.25) is 0 Å². The molecule has 0 radical (unpaired) electrons. The molecular weight excluding hydrogens is 152 g/mol. The van der Waals surface area contributed by atoms with Gasteiger partial charge in [0, 0.05) is 0 Å². The summed E-state index contributed by atoms with van der Waals surface area (Å²) in [7, 11) is 0. The Labute approximate surface area is 74.2 Å². The number of aliphatic hydroxyl groups excluding tert-OH is 1. The SMILES string of the molecule is C/C=C\C1CCC(COCO)C1. The second-order valence-corrected chi connectivity index (χ2v) is 3.46. The Balaban J connectivity index is 2.16. The van der Waals surface area contributed by atoms with Crippen LogP contribution in [0.3, 0.4) is 0 Å². The monoisotopic (exact) mass is 170 g/mol. The summed E-state index contributed by atoms with van der Waals surface area (Å²) in [5, 5.41) is 8.46. The number of hydrogen-bond donors (Lipinski definition) is 1. The molecule has 1 aliphatic rings. The van der Waals surface area contributed by atoms with E-state index in [1.165, 1.54) is 19.3 Å². The summed E-state index contributed by atoms with van der Waals surface area (Å²) >= 11 is 0. The molecule has 0 aromatic carbocycles. The standard InChI is InChI=1S/C10H18O2/c1-2-3-9-4-5-10(6-9)7-12-8-11/h2-3,9-11H,4-8H2,1H3/b3-2-. The Morgan fingerprint density at radius 3 is 3.00 bits per heavy atom. The smallest absolute Gasteiger partial charge is 0.143 e. The number of aliphatic hydroxyl groups is 1. The van der Waals surface area contributed by atoms with Gasteiger partial charge in [-0.1, -0.05) is 12.2 Å². The number of ether oxygens (including phenoxy) is 1. The van der Waals surface area contributed by atoms with Crippen molar-refractivity contribution in [1.29, 1.82) is 0 Å². The molecule has 1 aliphatic carbocycles. The average molecular weight is 170 g/mol. The lowest BCUT2D eigenvalue weighted by molar-refractivity contribution is -0.0168. The number of rotatable bonds is 4. The Morgan fingerprint density at radius 2 is 2.33 bits per heavy atom. The van der Waals surface area contributed by atoms with Crippen molar-refractivity contribution in [3.05, 3.63) is 12.2 Å². The Bertz CT molecular complexity index is 143. The van der Waals surface area contributed by atoms with Gasteiger partial charge in [-0.2, -0.15) is 0 Å². The third kappa shape index (κ3) is 2.95. The highest BCUT2D eigenvalue weighted by atomic mass is 16.6. The van der Waals surface area contributed by atoms with Crippen molar-refractivity contribution in [2.75, 3.05) is 13.4 Å². The van der Waals surface area contributed by atoms with E-state index in [1.807, 2.05) is 0 Å². The van der Waals surface area contributed by atoms with Gasteiger partial charge in [-0.3, -0.25) is 0 Å². The molecule has 0 aromatic rings. The highest BCUT2D eigenvalue weighted by Gasteiger charge is 2.22. The second kappa shape index (κ2) is 5.33. The van der Waals surface area contributed by atoms with Crippen molar-refractivity contribution in [3.63, 3.8) is 0 Å². The van der Waals surface area contributed by atoms with Crippen LogP contribution < -0.4 is 0 Å². The van der Waals surface area contributed by atoms with Crippen LogP contribution in [0.1, 0.15) is 26.2 Å². The minimum Gasteiger partial charge on any atom is -0.371 e. The van der Waals surface area contributed by atoms with E-state index in [9.17, 15) is 0 Å². The maximum Gasteiger partial charge on any atom is 0.143 e. The third-order valence-electron chi connectivity index (χ3n) is 2.49. The van der Waals surface area contributed by atoms with Crippen LogP contribution in [0.15, 0.2) is 12.2 Å². The maximum absolute atomic E-state index is 8.46. The zero-order valence-corrected chi connectivity index (χ0v) is 7.70. The molecule has 2 unspecified atom stereocenters. The molecule has 0 bridgehead atoms. The fourth-order valence-electron chi connectivity index (χ4n) is 1.93. The number of hydrogen-bond acceptors (Lipinski definition) is 2. The van der Waals surface area contributed by atoms with Gasteiger partial charge in [0.15, 0.2) is 0 Å². The predicted molar refractivity (Wildman–Crippen MR) is 48.7 cm³/mol. The molecule has 2 atom stereocenters. The maximum atomic E-state index is 8.46. The Morgan fingerprint density at radius 1 is 1.50 bits per heavy atom. The molecule has 1 N–H and O–H groups in total. The Kier molecular flexibility index (Phi) is 4.33. The van der Waals surface area contributed by atoms with Gasteiger partial charge in [-0.05, 0) is 38.0 Å². The number of allylic oxidation sites excluding steroid dienone is 2. The average Bonchev–Trinajstić information content (AvgIpc) is 2.50. The van der Waals surface area contributed by atoms with Crippen LogP contribution in [0.25, 0.3) is 0 Å². The van der Waals surface area contributed by atoms with E-state index < -0.39 is 0 Å². The molecule has 70 valence electrons. The first-order chi connectivity index (χ1) is 5.86. The minimum absolute atomic E-state index is 0.134. The predicted octanol–water partition coefficient (Wildman–Crippen LogP) is 1.95. The quantitative estimate of drug-likeness (QED) is 0.516. The van der Waals surface area contributed by atoms with E-state index in [2.05, 4.69) is 19.1 Å². The zero-order chi connectivity index (χ0) is 8.81. The van der Waals surface area contributed by atoms with E-state index >= 15 is 0 Å². The van der Waals surface area contributed by atoms with Gasteiger partial charge >= 0.3 is 0 Å². The van der Waals surface area contributed by atoms with Crippen LogP contribution in [0.5, 0.6) is 0 Å². The summed E-state index contributed by atoms with van der Waals surface area (Å²) in [6.07, 6.45) is 8.15. The molecule has 12 heavy (non-hydrogen) atoms. The van der Waals surface area contributed by atoms with Gasteiger partial charge in [0.05, 0.1) is 6.61 Å². The van der Waals surface area contributed by atoms with Crippen molar-refractivity contribution in [1.82, 2.24) is 0 Å². The normalized spacial score (nSPS) is 30.2. The minimum atomic E-state index is -0.134. The molecule has 2 nitrogen and oxygen atoms in total. The van der Waals surface area contributed by atoms with Crippen LogP contribution in [0.2, 0.25) is 0 Å². The lowest BCUT2D eigenvalue weighted by Crippen LogP contribution is -2.06. The molecule has 1 saturated carbocycles. The van der Waals surface area contributed by atoms with Gasteiger partial charge in [0.25, 0.3) is 0 Å². The van der Waals surface area contributed by atoms with E-state index in [1.54, 1.807) is 0 Å². The van der Waals surface area contributed by atoms with Crippen molar-refractivity contribution in [2.24, 2.45) is 11.8 Å². The fraction of sp³-hybridized carbons (Fsp3) is 0.800. The Hall–Kier alpha value is -0.340. The lowest BCUT2D eigenvalue weighted by Gasteiger charge is -2.07. The summed E-state index contributed by atoms with van der Waals surface area (Å²) in [5.74, 6) is 1.42. The summed E-state index contributed by atoms with van der Waals surface area (Å²) in [5.41, 5.74) is 0. The van der Waals surface area contributed by atoms with E-state index in [0.717, 1.165) is 12.5 Å². The topological polar surface area (TPSA) is 29.5 Å². The molecule has 1 rings (SSSR count). The molecule has 1 fully saturated rings. The van der Waals surface area contributed by atoms with Gasteiger partial charge in [0.1, 0.15) is 6.79 Å². The highest BCUT2D eigenvalue weighted by Crippen LogP contribution is 2.31. The first kappa shape index (κ1) is 9.75. The first-order valence-corrected chi connectivity index (χ1v) is 4.68. The van der Waals surface area contributed by atoms with E-state index in [4.69, 9.17) is 9.84 Å². The highest BCUT2D eigenvalue weighted by molar-refractivity contribution is 4.90. The van der Waals surface area contributed by atoms with Crippen molar-refractivity contribution in [3.8, 4) is 0 Å². The summed E-state index contributed by atoms with van der Waals surface area (Å²) in [4.78, 5) is 0. The molecule has 2 heteroatoms. The second-order valence-electron chi connectivity index (χ2n) is 3.46. The molecule has 0 heterocycles. The largest absolute Gasteiger partial charge is 0.371 e. The molecule has 0 spiro atoms. The first-order valence-electron chi connectivity index (χ1n) is 4.68. The summed E-state index contributed by atoms with van der Waals surface area (Å²) in [6, 6.07) is 0. The van der Waals surface area contributed by atoms with Gasteiger partial charge < -0.3 is 9.84 Å². The van der Waals surface area contributed by atoms with Crippen LogP contribution in [-0.4, -0.2) is 18.5 Å². The fourth-order valence-corrected chi connectivity index (χ4v) is 1.93. The van der Waals surface area contributed by atoms with Crippen LogP contribution >= 0.6 is 0 Å². The molecule has 0 aliphatic heterocycles. The molecular formula is C10H18O2. The van der Waals surface area contributed by atoms with Crippen molar-refractivity contribution < 1.29 is 9.84 Å². The molecule has 0 amide bonds. The van der Waals surface area contributed by atoms with Crippen LogP contribution in [-0.2, 0) is 4.74 Å². The summed E-state index contributed by atoms with van der Waals surface area (Å²) in [6.45, 7) is 2.66. The molecule has 0 saturated heterocycles. The van der Waals surface area contributed by atoms with E-state index in [0.29, 0.717) is 5.92 Å². The van der Waals surface area contributed by atoms with Crippen LogP contribution in [0, 0.1) is 11.8 Å². The summed E-state index contributed by atoms with van der Waals surface area (Å²) < 4.78 is 4.98. The van der Waals surface area contributed by atoms with Gasteiger partial charge in [-0.25, -0.2) is 0 Å².